The molecule has 0 bridgehead atoms. The van der Waals surface area contributed by atoms with Crippen LogP contribution in [0.4, 0.5) is 4.79 Å². The van der Waals surface area contributed by atoms with Gasteiger partial charge in [-0.25, -0.2) is 14.6 Å². The predicted molar refractivity (Wildman–Crippen MR) is 125 cm³/mol. The number of thiazole rings is 1. The Morgan fingerprint density at radius 3 is 2.35 bits per heavy atom. The van der Waals surface area contributed by atoms with E-state index in [2.05, 4.69) is 39.9 Å². The van der Waals surface area contributed by atoms with Gasteiger partial charge in [0.1, 0.15) is 23.9 Å². The van der Waals surface area contributed by atoms with Crippen molar-refractivity contribution in [3.8, 4) is 11.1 Å². The van der Waals surface area contributed by atoms with Gasteiger partial charge in [-0.05, 0) is 22.3 Å². The summed E-state index contributed by atoms with van der Waals surface area (Å²) in [5, 5.41) is 15.9. The minimum absolute atomic E-state index is 0.0206. The summed E-state index contributed by atoms with van der Waals surface area (Å²) in [6.07, 6.45) is -0.557. The number of aromatic nitrogens is 1. The van der Waals surface area contributed by atoms with Crippen LogP contribution in [0.1, 0.15) is 32.5 Å². The maximum atomic E-state index is 12.3. The van der Waals surface area contributed by atoms with E-state index in [4.69, 9.17) is 14.6 Å². The fraction of sp³-hybridized carbons (Fsp3) is 0.250. The number of carbonyl (C=O) groups excluding carboxylic acids is 2. The molecule has 3 N–H and O–H groups in total. The first-order valence-electron chi connectivity index (χ1n) is 10.6. The number of carbonyl (C=O) groups is 3. The van der Waals surface area contributed by atoms with Crippen LogP contribution in [0, 0.1) is 0 Å². The molecule has 176 valence electrons. The van der Waals surface area contributed by atoms with E-state index in [1.807, 2.05) is 24.3 Å². The Balaban J connectivity index is 1.24. The number of amides is 2. The van der Waals surface area contributed by atoms with E-state index in [1.165, 1.54) is 11.3 Å². The molecule has 34 heavy (non-hydrogen) atoms. The average Bonchev–Trinajstić information content (AvgIpc) is 3.44. The van der Waals surface area contributed by atoms with Crippen molar-refractivity contribution >= 4 is 29.3 Å². The monoisotopic (exact) mass is 481 g/mol. The van der Waals surface area contributed by atoms with Crippen LogP contribution in [0.3, 0.4) is 0 Å². The number of carboxylic acids is 1. The Bertz CT molecular complexity index is 1150. The Morgan fingerprint density at radius 2 is 1.68 bits per heavy atom. The van der Waals surface area contributed by atoms with E-state index in [9.17, 15) is 14.4 Å². The number of nitrogens with zero attached hydrogens (tertiary/aromatic N) is 1. The zero-order valence-electron chi connectivity index (χ0n) is 18.2. The van der Waals surface area contributed by atoms with Crippen molar-refractivity contribution in [3.05, 3.63) is 75.7 Å². The average molecular weight is 482 g/mol. The van der Waals surface area contributed by atoms with Gasteiger partial charge in [-0.15, -0.1) is 11.3 Å². The van der Waals surface area contributed by atoms with Crippen molar-refractivity contribution in [3.63, 3.8) is 0 Å². The first kappa shape index (κ1) is 23.4. The Morgan fingerprint density at radius 1 is 1.00 bits per heavy atom. The smallest absolute Gasteiger partial charge is 0.407 e. The molecule has 2 amide bonds. The zero-order chi connectivity index (χ0) is 23.9. The summed E-state index contributed by atoms with van der Waals surface area (Å²) < 4.78 is 10.4. The number of alkyl carbamates (subject to hydrolysis) is 1. The summed E-state index contributed by atoms with van der Waals surface area (Å²) >= 11 is 1.24. The molecule has 2 aromatic carbocycles. The van der Waals surface area contributed by atoms with E-state index in [1.54, 1.807) is 5.38 Å². The van der Waals surface area contributed by atoms with Gasteiger partial charge in [-0.2, -0.15) is 0 Å². The van der Waals surface area contributed by atoms with Crippen LogP contribution in [0.5, 0.6) is 0 Å². The van der Waals surface area contributed by atoms with Crippen LogP contribution < -0.4 is 10.6 Å². The van der Waals surface area contributed by atoms with Crippen LogP contribution in [0.15, 0.2) is 53.9 Å². The second-order valence-electron chi connectivity index (χ2n) is 7.51. The molecule has 0 atom stereocenters. The molecule has 0 unspecified atom stereocenters. The van der Waals surface area contributed by atoms with Crippen molar-refractivity contribution in [2.24, 2.45) is 0 Å². The SMILES string of the molecule is O=C(O)COCCNC(=O)c1csc(CNC(=O)OCC2c3ccccc3-c3ccccc32)n1. The molecule has 1 aliphatic rings. The standard InChI is InChI=1S/C24H23N3O6S/c28-22(29)13-32-10-9-25-23(30)20-14-34-21(27-20)11-26-24(31)33-12-19-17-7-3-1-5-15(17)16-6-2-4-8-18(16)19/h1-8,14,19H,9-13H2,(H,25,30)(H,26,31)(H,28,29). The van der Waals surface area contributed by atoms with Gasteiger partial charge < -0.3 is 25.2 Å². The molecule has 4 rings (SSSR count). The van der Waals surface area contributed by atoms with Gasteiger partial charge in [0.25, 0.3) is 5.91 Å². The van der Waals surface area contributed by atoms with E-state index < -0.39 is 24.6 Å². The first-order chi connectivity index (χ1) is 16.5. The number of aliphatic carboxylic acids is 1. The highest BCUT2D eigenvalue weighted by Gasteiger charge is 2.29. The van der Waals surface area contributed by atoms with Gasteiger partial charge in [-0.1, -0.05) is 48.5 Å². The lowest BCUT2D eigenvalue weighted by molar-refractivity contribution is -0.142. The molecule has 1 aromatic heterocycles. The third-order valence-electron chi connectivity index (χ3n) is 5.27. The van der Waals surface area contributed by atoms with Crippen molar-refractivity contribution in [1.82, 2.24) is 15.6 Å². The normalized spacial score (nSPS) is 12.0. The first-order valence-corrected chi connectivity index (χ1v) is 11.5. The van der Waals surface area contributed by atoms with Gasteiger partial charge >= 0.3 is 12.1 Å². The molecular weight excluding hydrogens is 458 g/mol. The van der Waals surface area contributed by atoms with E-state index >= 15 is 0 Å². The van der Waals surface area contributed by atoms with E-state index in [0.717, 1.165) is 22.3 Å². The predicted octanol–water partition coefficient (Wildman–Crippen LogP) is 3.01. The number of fused-ring (bicyclic) bond motifs is 3. The number of rotatable bonds is 10. The number of ether oxygens (including phenoxy) is 2. The zero-order valence-corrected chi connectivity index (χ0v) is 19.0. The Kier molecular flexibility index (Phi) is 7.51. The fourth-order valence-electron chi connectivity index (χ4n) is 3.78. The van der Waals surface area contributed by atoms with Gasteiger partial charge in [0.05, 0.1) is 13.2 Å². The minimum atomic E-state index is -1.07. The number of hydrogen-bond donors (Lipinski definition) is 3. The number of benzene rings is 2. The molecule has 1 heterocycles. The number of carboxylic acid groups (broad SMARTS) is 1. The van der Waals surface area contributed by atoms with Crippen molar-refractivity contribution in [2.45, 2.75) is 12.5 Å². The molecule has 0 saturated heterocycles. The van der Waals surface area contributed by atoms with Crippen LogP contribution in [0.25, 0.3) is 11.1 Å². The van der Waals surface area contributed by atoms with Crippen LogP contribution in [0.2, 0.25) is 0 Å². The maximum Gasteiger partial charge on any atom is 0.407 e. The topological polar surface area (TPSA) is 127 Å². The molecule has 10 heteroatoms. The minimum Gasteiger partial charge on any atom is -0.480 e. The van der Waals surface area contributed by atoms with E-state index in [0.29, 0.717) is 5.01 Å². The van der Waals surface area contributed by atoms with Gasteiger partial charge in [0, 0.05) is 17.8 Å². The Labute approximate surface area is 199 Å². The molecule has 1 aliphatic carbocycles. The molecule has 0 radical (unpaired) electrons. The lowest BCUT2D eigenvalue weighted by atomic mass is 9.98. The highest BCUT2D eigenvalue weighted by Crippen LogP contribution is 2.44. The summed E-state index contributed by atoms with van der Waals surface area (Å²) in [7, 11) is 0. The van der Waals surface area contributed by atoms with Gasteiger partial charge in [-0.3, -0.25) is 4.79 Å². The van der Waals surface area contributed by atoms with Crippen LogP contribution in [-0.4, -0.2) is 54.4 Å². The molecule has 0 aliphatic heterocycles. The molecular formula is C24H23N3O6S. The number of nitrogens with one attached hydrogen (secondary N) is 2. The lowest BCUT2D eigenvalue weighted by Crippen LogP contribution is -2.28. The second-order valence-corrected chi connectivity index (χ2v) is 8.45. The largest absolute Gasteiger partial charge is 0.480 e. The lowest BCUT2D eigenvalue weighted by Gasteiger charge is -2.14. The summed E-state index contributed by atoms with van der Waals surface area (Å²) in [6, 6.07) is 16.2. The molecule has 0 spiro atoms. The van der Waals surface area contributed by atoms with Crippen molar-refractivity contribution in [2.75, 3.05) is 26.4 Å². The second kappa shape index (κ2) is 10.9. The van der Waals surface area contributed by atoms with Crippen LogP contribution >= 0.6 is 11.3 Å². The summed E-state index contributed by atoms with van der Waals surface area (Å²) in [5.74, 6) is -1.49. The van der Waals surface area contributed by atoms with Gasteiger partial charge in [0.2, 0.25) is 0 Å². The third kappa shape index (κ3) is 5.59. The Hall–Kier alpha value is -3.76. The summed E-state index contributed by atoms with van der Waals surface area (Å²) in [5.41, 5.74) is 4.82. The molecule has 0 saturated carbocycles. The van der Waals surface area contributed by atoms with Crippen molar-refractivity contribution < 1.29 is 29.0 Å². The molecule has 3 aromatic rings. The van der Waals surface area contributed by atoms with Gasteiger partial charge in [0.15, 0.2) is 0 Å². The highest BCUT2D eigenvalue weighted by molar-refractivity contribution is 7.09. The highest BCUT2D eigenvalue weighted by atomic mass is 32.1. The maximum absolute atomic E-state index is 12.3. The van der Waals surface area contributed by atoms with E-state index in [-0.39, 0.29) is 37.9 Å². The third-order valence-corrected chi connectivity index (χ3v) is 6.12. The number of hydrogen-bond acceptors (Lipinski definition) is 7. The van der Waals surface area contributed by atoms with Crippen LogP contribution in [-0.2, 0) is 20.8 Å². The summed E-state index contributed by atoms with van der Waals surface area (Å²) in [4.78, 5) is 39.0. The fourth-order valence-corrected chi connectivity index (χ4v) is 4.49. The molecule has 9 nitrogen and oxygen atoms in total. The van der Waals surface area contributed by atoms with Crippen molar-refractivity contribution in [1.29, 1.82) is 0 Å². The summed E-state index contributed by atoms with van der Waals surface area (Å²) in [6.45, 7) is 0.180. The quantitative estimate of drug-likeness (QED) is 0.380. The molecule has 0 fully saturated rings.